The molecule has 1 aromatic carbocycles. The van der Waals surface area contributed by atoms with Crippen LogP contribution >= 0.6 is 11.6 Å². The number of methoxy groups -OCH3 is 1. The van der Waals surface area contributed by atoms with Gasteiger partial charge in [0.25, 0.3) is 0 Å². The number of ether oxygens (including phenoxy) is 1. The smallest absolute Gasteiger partial charge is 0.340 e. The summed E-state index contributed by atoms with van der Waals surface area (Å²) >= 11 is 5.83. The van der Waals surface area contributed by atoms with Crippen LogP contribution in [0.5, 0.6) is 0 Å². The minimum absolute atomic E-state index is 0.173. The average molecular weight is 285 g/mol. The highest BCUT2D eigenvalue weighted by atomic mass is 35.5. The molecule has 0 fully saturated rings. The summed E-state index contributed by atoms with van der Waals surface area (Å²) in [6.07, 6.45) is 0.330. The fourth-order valence-electron chi connectivity index (χ4n) is 1.50. The van der Waals surface area contributed by atoms with Gasteiger partial charge in [-0.2, -0.15) is 0 Å². The first-order chi connectivity index (χ1) is 9.08. The Morgan fingerprint density at radius 3 is 2.74 bits per heavy atom. The van der Waals surface area contributed by atoms with Crippen LogP contribution in [0.3, 0.4) is 0 Å². The van der Waals surface area contributed by atoms with Gasteiger partial charge in [-0.3, -0.25) is 4.79 Å². The molecule has 0 unspecified atom stereocenters. The second-order valence-electron chi connectivity index (χ2n) is 3.83. The van der Waals surface area contributed by atoms with Gasteiger partial charge in [0, 0.05) is 18.0 Å². The summed E-state index contributed by atoms with van der Waals surface area (Å²) in [6, 6.07) is 4.65. The molecule has 1 rings (SSSR count). The van der Waals surface area contributed by atoms with E-state index >= 15 is 0 Å². The van der Waals surface area contributed by atoms with Crippen LogP contribution in [-0.2, 0) is 9.53 Å². The van der Waals surface area contributed by atoms with Crippen molar-refractivity contribution in [3.63, 3.8) is 0 Å². The van der Waals surface area contributed by atoms with Crippen LogP contribution in [0.25, 0.3) is 0 Å². The van der Waals surface area contributed by atoms with Crippen molar-refractivity contribution in [2.75, 3.05) is 25.5 Å². The number of carbonyl (C=O) groups excluding carboxylic acids is 2. The summed E-state index contributed by atoms with van der Waals surface area (Å²) in [4.78, 5) is 23.3. The van der Waals surface area contributed by atoms with E-state index in [0.717, 1.165) is 6.54 Å². The van der Waals surface area contributed by atoms with Crippen LogP contribution in [0.2, 0.25) is 5.02 Å². The van der Waals surface area contributed by atoms with E-state index in [1.165, 1.54) is 13.2 Å². The van der Waals surface area contributed by atoms with Crippen LogP contribution in [-0.4, -0.2) is 32.1 Å². The molecule has 0 radical (unpaired) electrons. The maximum Gasteiger partial charge on any atom is 0.340 e. The minimum Gasteiger partial charge on any atom is -0.465 e. The molecule has 0 aliphatic carbocycles. The molecule has 5 nitrogen and oxygen atoms in total. The maximum absolute atomic E-state index is 11.7. The maximum atomic E-state index is 11.7. The monoisotopic (exact) mass is 284 g/mol. The normalized spacial score (nSPS) is 10.1. The van der Waals surface area contributed by atoms with Crippen molar-refractivity contribution >= 4 is 29.2 Å². The largest absolute Gasteiger partial charge is 0.465 e. The molecule has 0 saturated carbocycles. The standard InChI is InChI=1S/C13H17ClN2O3/c1-3-15-7-6-12(17)16-11-5-4-9(14)8-10(11)13(18)19-2/h4-5,8,15H,3,6-7H2,1-2H3,(H,16,17). The number of rotatable bonds is 6. The Morgan fingerprint density at radius 1 is 1.37 bits per heavy atom. The van der Waals surface area contributed by atoms with E-state index < -0.39 is 5.97 Å². The van der Waals surface area contributed by atoms with Crippen molar-refractivity contribution in [3.05, 3.63) is 28.8 Å². The Bertz CT molecular complexity index is 463. The fourth-order valence-corrected chi connectivity index (χ4v) is 1.67. The Balaban J connectivity index is 2.77. The predicted molar refractivity (Wildman–Crippen MR) is 74.6 cm³/mol. The van der Waals surface area contributed by atoms with Crippen molar-refractivity contribution in [2.24, 2.45) is 0 Å². The molecular formula is C13H17ClN2O3. The third-order valence-electron chi connectivity index (χ3n) is 2.44. The highest BCUT2D eigenvalue weighted by Crippen LogP contribution is 2.21. The first-order valence-corrected chi connectivity index (χ1v) is 6.34. The summed E-state index contributed by atoms with van der Waals surface area (Å²) < 4.78 is 4.65. The zero-order valence-electron chi connectivity index (χ0n) is 11.0. The van der Waals surface area contributed by atoms with Crippen LogP contribution in [0.4, 0.5) is 5.69 Å². The lowest BCUT2D eigenvalue weighted by atomic mass is 10.1. The van der Waals surface area contributed by atoms with Gasteiger partial charge in [-0.1, -0.05) is 18.5 Å². The fraction of sp³-hybridized carbons (Fsp3) is 0.385. The first-order valence-electron chi connectivity index (χ1n) is 5.97. The number of carbonyl (C=O) groups is 2. The van der Waals surface area contributed by atoms with Gasteiger partial charge in [0.2, 0.25) is 5.91 Å². The van der Waals surface area contributed by atoms with Gasteiger partial charge in [-0.05, 0) is 24.7 Å². The molecule has 2 N–H and O–H groups in total. The second kappa shape index (κ2) is 7.76. The van der Waals surface area contributed by atoms with E-state index in [-0.39, 0.29) is 11.5 Å². The van der Waals surface area contributed by atoms with Crippen LogP contribution in [0.15, 0.2) is 18.2 Å². The summed E-state index contributed by atoms with van der Waals surface area (Å²) in [5.74, 6) is -0.710. The second-order valence-corrected chi connectivity index (χ2v) is 4.27. The van der Waals surface area contributed by atoms with Crippen molar-refractivity contribution < 1.29 is 14.3 Å². The van der Waals surface area contributed by atoms with Crippen molar-refractivity contribution in [3.8, 4) is 0 Å². The van der Waals surface area contributed by atoms with Gasteiger partial charge in [0.15, 0.2) is 0 Å². The average Bonchev–Trinajstić information content (AvgIpc) is 2.40. The van der Waals surface area contributed by atoms with Gasteiger partial charge in [0.05, 0.1) is 18.4 Å². The molecule has 104 valence electrons. The molecule has 19 heavy (non-hydrogen) atoms. The number of amides is 1. The lowest BCUT2D eigenvalue weighted by molar-refractivity contribution is -0.116. The number of hydrogen-bond donors (Lipinski definition) is 2. The van der Waals surface area contributed by atoms with E-state index in [2.05, 4.69) is 15.4 Å². The molecule has 1 aromatic rings. The number of hydrogen-bond acceptors (Lipinski definition) is 4. The number of nitrogens with one attached hydrogen (secondary N) is 2. The van der Waals surface area contributed by atoms with E-state index in [1.807, 2.05) is 6.92 Å². The van der Waals surface area contributed by atoms with E-state index in [9.17, 15) is 9.59 Å². The lowest BCUT2D eigenvalue weighted by Crippen LogP contribution is -2.22. The van der Waals surface area contributed by atoms with E-state index in [1.54, 1.807) is 12.1 Å². The zero-order chi connectivity index (χ0) is 14.3. The molecule has 0 aromatic heterocycles. The SMILES string of the molecule is CCNCCC(=O)Nc1ccc(Cl)cc1C(=O)OC. The summed E-state index contributed by atoms with van der Waals surface area (Å²) in [5.41, 5.74) is 0.643. The number of anilines is 1. The highest BCUT2D eigenvalue weighted by Gasteiger charge is 2.14. The van der Waals surface area contributed by atoms with Crippen molar-refractivity contribution in [1.82, 2.24) is 5.32 Å². The van der Waals surface area contributed by atoms with E-state index in [4.69, 9.17) is 11.6 Å². The Hall–Kier alpha value is -1.59. The van der Waals surface area contributed by atoms with Gasteiger partial charge in [-0.25, -0.2) is 4.79 Å². The summed E-state index contributed by atoms with van der Waals surface area (Å²) in [7, 11) is 1.28. The Kier molecular flexibility index (Phi) is 6.32. The molecule has 0 saturated heterocycles. The Labute approximate surface area is 117 Å². The number of benzene rings is 1. The molecule has 0 bridgehead atoms. The zero-order valence-corrected chi connectivity index (χ0v) is 11.7. The number of halogens is 1. The lowest BCUT2D eigenvalue weighted by Gasteiger charge is -2.10. The van der Waals surface area contributed by atoms with Crippen LogP contribution in [0, 0.1) is 0 Å². The third kappa shape index (κ3) is 4.89. The van der Waals surface area contributed by atoms with Gasteiger partial charge < -0.3 is 15.4 Å². The number of esters is 1. The molecule has 6 heteroatoms. The predicted octanol–water partition coefficient (Wildman–Crippen LogP) is 2.06. The molecule has 0 atom stereocenters. The van der Waals surface area contributed by atoms with Crippen molar-refractivity contribution in [1.29, 1.82) is 0 Å². The quantitative estimate of drug-likeness (QED) is 0.620. The van der Waals surface area contributed by atoms with Crippen LogP contribution in [0.1, 0.15) is 23.7 Å². The topological polar surface area (TPSA) is 67.4 Å². The first kappa shape index (κ1) is 15.5. The molecule has 0 heterocycles. The van der Waals surface area contributed by atoms with Gasteiger partial charge in [0.1, 0.15) is 0 Å². The minimum atomic E-state index is -0.538. The molecular weight excluding hydrogens is 268 g/mol. The molecule has 1 amide bonds. The molecule has 0 spiro atoms. The summed E-state index contributed by atoms with van der Waals surface area (Å²) in [6.45, 7) is 3.36. The third-order valence-corrected chi connectivity index (χ3v) is 2.67. The van der Waals surface area contributed by atoms with E-state index in [0.29, 0.717) is 23.7 Å². The molecule has 0 aliphatic rings. The van der Waals surface area contributed by atoms with Gasteiger partial charge >= 0.3 is 5.97 Å². The highest BCUT2D eigenvalue weighted by molar-refractivity contribution is 6.31. The summed E-state index contributed by atoms with van der Waals surface area (Å²) in [5, 5.41) is 6.13. The Morgan fingerprint density at radius 2 is 2.11 bits per heavy atom. The van der Waals surface area contributed by atoms with Gasteiger partial charge in [-0.15, -0.1) is 0 Å². The van der Waals surface area contributed by atoms with Crippen LogP contribution < -0.4 is 10.6 Å². The van der Waals surface area contributed by atoms with Crippen molar-refractivity contribution in [2.45, 2.75) is 13.3 Å². The molecule has 0 aliphatic heterocycles.